The van der Waals surface area contributed by atoms with E-state index in [1.807, 2.05) is 55.5 Å². The van der Waals surface area contributed by atoms with Crippen molar-refractivity contribution >= 4 is 21.3 Å². The molecule has 0 saturated carbocycles. The van der Waals surface area contributed by atoms with E-state index in [1.54, 1.807) is 24.3 Å². The molecule has 1 aliphatic heterocycles. The van der Waals surface area contributed by atoms with E-state index >= 15 is 0 Å². The number of carbonyl (C=O) groups is 1. The molecular weight excluding hydrogens is 422 g/mol. The van der Waals surface area contributed by atoms with Crippen molar-refractivity contribution in [3.05, 3.63) is 101 Å². The van der Waals surface area contributed by atoms with Crippen molar-refractivity contribution in [1.29, 1.82) is 0 Å². The van der Waals surface area contributed by atoms with Gasteiger partial charge in [0.15, 0.2) is 9.84 Å². The highest BCUT2D eigenvalue weighted by Gasteiger charge is 2.57. The Morgan fingerprint density at radius 2 is 1.66 bits per heavy atom. The molecule has 0 N–H and O–H groups in total. The minimum Gasteiger partial charge on any atom is -0.379 e. The molecule has 0 fully saturated rings. The van der Waals surface area contributed by atoms with Gasteiger partial charge in [-0.15, -0.1) is 0 Å². The highest BCUT2D eigenvalue weighted by Crippen LogP contribution is 2.47. The van der Waals surface area contributed by atoms with Gasteiger partial charge in [0, 0.05) is 23.8 Å². The van der Waals surface area contributed by atoms with Gasteiger partial charge in [-0.3, -0.25) is 4.79 Å². The van der Waals surface area contributed by atoms with Crippen LogP contribution in [0.3, 0.4) is 0 Å². The molecular formula is C26H23NO4S. The van der Waals surface area contributed by atoms with Gasteiger partial charge in [0.05, 0.1) is 16.5 Å². The van der Waals surface area contributed by atoms with E-state index in [2.05, 4.69) is 5.16 Å². The van der Waals surface area contributed by atoms with Crippen LogP contribution in [0.5, 0.6) is 0 Å². The first kappa shape index (κ1) is 20.6. The summed E-state index contributed by atoms with van der Waals surface area (Å²) in [5, 5.41) is 4.44. The van der Waals surface area contributed by atoms with Crippen LogP contribution in [-0.2, 0) is 21.1 Å². The summed E-state index contributed by atoms with van der Waals surface area (Å²) >= 11 is 0. The molecule has 0 amide bonds. The van der Waals surface area contributed by atoms with Gasteiger partial charge in [0.25, 0.3) is 0 Å². The lowest BCUT2D eigenvalue weighted by Gasteiger charge is -2.36. The monoisotopic (exact) mass is 445 g/mol. The quantitative estimate of drug-likeness (QED) is 0.596. The predicted octanol–water partition coefficient (Wildman–Crippen LogP) is 4.48. The third-order valence-corrected chi connectivity index (χ3v) is 7.58. The summed E-state index contributed by atoms with van der Waals surface area (Å²) in [4.78, 5) is 20.1. The fraction of sp³-hybridized carbons (Fsp3) is 0.231. The van der Waals surface area contributed by atoms with E-state index in [-0.39, 0.29) is 10.7 Å². The molecule has 5 rings (SSSR count). The van der Waals surface area contributed by atoms with E-state index in [0.717, 1.165) is 22.3 Å². The van der Waals surface area contributed by atoms with Gasteiger partial charge >= 0.3 is 0 Å². The Bertz CT molecular complexity index is 1340. The molecule has 0 saturated heterocycles. The van der Waals surface area contributed by atoms with Gasteiger partial charge in [-0.2, -0.15) is 0 Å². The van der Waals surface area contributed by atoms with Crippen molar-refractivity contribution < 1.29 is 18.0 Å². The number of Topliss-reactive ketones (excluding diaryl/α,β-unsaturated/α-hetero) is 1. The number of rotatable bonds is 3. The van der Waals surface area contributed by atoms with Gasteiger partial charge < -0.3 is 4.84 Å². The molecule has 2 unspecified atom stereocenters. The van der Waals surface area contributed by atoms with Crippen LogP contribution in [0.1, 0.15) is 45.0 Å². The molecule has 3 aromatic carbocycles. The molecule has 0 aromatic heterocycles. The van der Waals surface area contributed by atoms with Crippen molar-refractivity contribution in [3.63, 3.8) is 0 Å². The van der Waals surface area contributed by atoms with E-state index in [4.69, 9.17) is 4.84 Å². The van der Waals surface area contributed by atoms with Crippen molar-refractivity contribution in [2.24, 2.45) is 5.16 Å². The number of benzene rings is 3. The van der Waals surface area contributed by atoms with Gasteiger partial charge in [-0.05, 0) is 36.6 Å². The first-order chi connectivity index (χ1) is 15.3. The average molecular weight is 446 g/mol. The van der Waals surface area contributed by atoms with E-state index in [1.165, 1.54) is 6.26 Å². The molecule has 5 nitrogen and oxygen atoms in total. The molecule has 1 heterocycles. The van der Waals surface area contributed by atoms with Crippen LogP contribution in [-0.4, -0.2) is 31.8 Å². The number of fused-ring (bicyclic) bond motifs is 1. The maximum absolute atomic E-state index is 13.8. The third kappa shape index (κ3) is 3.26. The third-order valence-electron chi connectivity index (χ3n) is 6.45. The number of sulfone groups is 1. The molecule has 2 aliphatic rings. The number of carbonyl (C=O) groups excluding carboxylic acids is 1. The standard InChI is InChI=1S/C26H23NO4S/c1-17-7-9-20(10-8-17)24-23(19-11-13-21(14-12-19)32(2,29)30)26(31-27-24)16-15-18-5-3-4-6-22(18)25(26)28/h3-14,23H,15-16H2,1-2H3. The minimum atomic E-state index is -3.33. The van der Waals surface area contributed by atoms with Gasteiger partial charge in [-0.1, -0.05) is 71.4 Å². The van der Waals surface area contributed by atoms with Crippen molar-refractivity contribution in [2.45, 2.75) is 36.2 Å². The van der Waals surface area contributed by atoms with Crippen LogP contribution in [0.4, 0.5) is 0 Å². The molecule has 1 spiro atoms. The number of hydrogen-bond acceptors (Lipinski definition) is 5. The molecule has 162 valence electrons. The maximum atomic E-state index is 13.8. The van der Waals surface area contributed by atoms with Crippen LogP contribution < -0.4 is 0 Å². The van der Waals surface area contributed by atoms with Crippen LogP contribution in [0.15, 0.2) is 82.8 Å². The summed E-state index contributed by atoms with van der Waals surface area (Å²) in [6.45, 7) is 2.02. The SMILES string of the molecule is Cc1ccc(C2=NOC3(CCc4ccccc4C3=O)C2c2ccc(S(C)(=O)=O)cc2)cc1. The normalized spacial score (nSPS) is 22.4. The molecule has 6 heteroatoms. The Morgan fingerprint density at radius 3 is 2.34 bits per heavy atom. The minimum absolute atomic E-state index is 0.0811. The fourth-order valence-electron chi connectivity index (χ4n) is 4.72. The topological polar surface area (TPSA) is 72.8 Å². The Balaban J connectivity index is 1.65. The molecule has 3 aromatic rings. The number of nitrogens with zero attached hydrogens (tertiary/aromatic N) is 1. The zero-order valence-corrected chi connectivity index (χ0v) is 18.7. The fourth-order valence-corrected chi connectivity index (χ4v) is 5.35. The second kappa shape index (κ2) is 7.41. The number of aryl methyl sites for hydroxylation is 2. The van der Waals surface area contributed by atoms with E-state index < -0.39 is 21.4 Å². The van der Waals surface area contributed by atoms with Gasteiger partial charge in [0.1, 0.15) is 0 Å². The van der Waals surface area contributed by atoms with Crippen molar-refractivity contribution in [1.82, 2.24) is 0 Å². The second-order valence-electron chi connectivity index (χ2n) is 8.58. The highest BCUT2D eigenvalue weighted by molar-refractivity contribution is 7.90. The number of oxime groups is 1. The summed E-state index contributed by atoms with van der Waals surface area (Å²) in [6.07, 6.45) is 2.39. The molecule has 32 heavy (non-hydrogen) atoms. The Morgan fingerprint density at radius 1 is 0.969 bits per heavy atom. The summed E-state index contributed by atoms with van der Waals surface area (Å²) in [5.41, 5.74) is 4.03. The first-order valence-corrected chi connectivity index (χ1v) is 12.4. The smallest absolute Gasteiger partial charge is 0.212 e. The molecule has 2 atom stereocenters. The summed E-state index contributed by atoms with van der Waals surface area (Å²) in [6, 6.07) is 22.3. The lowest BCUT2D eigenvalue weighted by Crippen LogP contribution is -2.48. The van der Waals surface area contributed by atoms with E-state index in [0.29, 0.717) is 24.1 Å². The summed E-state index contributed by atoms with van der Waals surface area (Å²) < 4.78 is 23.9. The maximum Gasteiger partial charge on any atom is 0.212 e. The number of ketones is 1. The zero-order chi connectivity index (χ0) is 22.5. The van der Waals surface area contributed by atoms with Gasteiger partial charge in [-0.25, -0.2) is 8.42 Å². The number of hydrogen-bond donors (Lipinski definition) is 0. The lowest BCUT2D eigenvalue weighted by molar-refractivity contribution is -0.0196. The first-order valence-electron chi connectivity index (χ1n) is 10.6. The molecule has 0 radical (unpaired) electrons. The van der Waals surface area contributed by atoms with Crippen LogP contribution >= 0.6 is 0 Å². The summed E-state index contributed by atoms with van der Waals surface area (Å²) in [5.74, 6) is -0.526. The van der Waals surface area contributed by atoms with Crippen LogP contribution in [0.2, 0.25) is 0 Å². The average Bonchev–Trinajstić information content (AvgIpc) is 3.17. The zero-order valence-electron chi connectivity index (χ0n) is 17.9. The Kier molecular flexibility index (Phi) is 4.78. The van der Waals surface area contributed by atoms with Crippen molar-refractivity contribution in [2.75, 3.05) is 6.26 Å². The van der Waals surface area contributed by atoms with E-state index in [9.17, 15) is 13.2 Å². The predicted molar refractivity (Wildman–Crippen MR) is 123 cm³/mol. The Labute approximate surface area is 187 Å². The lowest BCUT2D eigenvalue weighted by atomic mass is 9.68. The molecule has 1 aliphatic carbocycles. The highest BCUT2D eigenvalue weighted by atomic mass is 32.2. The Hall–Kier alpha value is -3.25. The second-order valence-corrected chi connectivity index (χ2v) is 10.6. The largest absolute Gasteiger partial charge is 0.379 e. The van der Waals surface area contributed by atoms with Crippen molar-refractivity contribution in [3.8, 4) is 0 Å². The van der Waals surface area contributed by atoms with Crippen LogP contribution in [0, 0.1) is 6.92 Å². The van der Waals surface area contributed by atoms with Crippen LogP contribution in [0.25, 0.3) is 0 Å². The summed E-state index contributed by atoms with van der Waals surface area (Å²) in [7, 11) is -3.33. The molecule has 0 bridgehead atoms. The van der Waals surface area contributed by atoms with Gasteiger partial charge in [0.2, 0.25) is 11.4 Å².